The van der Waals surface area contributed by atoms with Gasteiger partial charge in [0.25, 0.3) is 5.91 Å². The molecule has 0 unspecified atom stereocenters. The third-order valence-corrected chi connectivity index (χ3v) is 4.18. The molecule has 1 N–H and O–H groups in total. The van der Waals surface area contributed by atoms with Crippen molar-refractivity contribution in [1.29, 1.82) is 0 Å². The summed E-state index contributed by atoms with van der Waals surface area (Å²) in [6.07, 6.45) is 3.96. The zero-order valence-electron chi connectivity index (χ0n) is 11.6. The molecule has 1 amide bonds. The Morgan fingerprint density at radius 1 is 1.30 bits per heavy atom. The van der Waals surface area contributed by atoms with Crippen LogP contribution in [-0.4, -0.2) is 44.6 Å². The van der Waals surface area contributed by atoms with Crippen LogP contribution in [0.1, 0.15) is 29.6 Å². The number of rotatable bonds is 4. The summed E-state index contributed by atoms with van der Waals surface area (Å²) < 4.78 is 24.9. The normalized spacial score (nSPS) is 19.9. The van der Waals surface area contributed by atoms with Crippen LogP contribution in [0.4, 0.5) is 0 Å². The Bertz CT molecular complexity index is 557. The van der Waals surface area contributed by atoms with E-state index in [4.69, 9.17) is 0 Å². The van der Waals surface area contributed by atoms with Gasteiger partial charge >= 0.3 is 0 Å². The maximum absolute atomic E-state index is 12.5. The van der Waals surface area contributed by atoms with Gasteiger partial charge in [-0.05, 0) is 31.4 Å². The van der Waals surface area contributed by atoms with Crippen LogP contribution in [0, 0.1) is 0 Å². The minimum absolute atomic E-state index is 0.0226. The first-order valence-corrected chi connectivity index (χ1v) is 8.67. The Kier molecular flexibility index (Phi) is 4.77. The van der Waals surface area contributed by atoms with E-state index in [-0.39, 0.29) is 18.5 Å². The summed E-state index contributed by atoms with van der Waals surface area (Å²) in [6.45, 7) is 0.973. The highest BCUT2D eigenvalue weighted by molar-refractivity contribution is 7.88. The van der Waals surface area contributed by atoms with Crippen LogP contribution in [0.15, 0.2) is 30.3 Å². The van der Waals surface area contributed by atoms with Crippen LogP contribution in [0.5, 0.6) is 0 Å². The number of nitrogens with one attached hydrogen (secondary N) is 1. The number of piperidine rings is 1. The number of sulfonamides is 1. The van der Waals surface area contributed by atoms with Crippen molar-refractivity contribution in [3.63, 3.8) is 0 Å². The molecule has 1 aliphatic rings. The monoisotopic (exact) mass is 296 g/mol. The molecule has 1 aliphatic heterocycles. The van der Waals surface area contributed by atoms with Crippen LogP contribution in [0.2, 0.25) is 0 Å². The molecule has 5 nitrogen and oxygen atoms in total. The lowest BCUT2D eigenvalue weighted by atomic mass is 10.0. The van der Waals surface area contributed by atoms with Gasteiger partial charge < -0.3 is 4.90 Å². The van der Waals surface area contributed by atoms with Gasteiger partial charge in [0.05, 0.1) is 6.26 Å². The number of hydrogen-bond donors (Lipinski definition) is 1. The van der Waals surface area contributed by atoms with E-state index >= 15 is 0 Å². The summed E-state index contributed by atoms with van der Waals surface area (Å²) >= 11 is 0. The van der Waals surface area contributed by atoms with E-state index in [9.17, 15) is 13.2 Å². The summed E-state index contributed by atoms with van der Waals surface area (Å²) in [5.41, 5.74) is 0.652. The Balaban J connectivity index is 2.09. The fourth-order valence-corrected chi connectivity index (χ4v) is 2.97. The van der Waals surface area contributed by atoms with Crippen LogP contribution in [0.25, 0.3) is 0 Å². The van der Waals surface area contributed by atoms with Crippen molar-refractivity contribution in [3.05, 3.63) is 35.9 Å². The fraction of sp³-hybridized carbons (Fsp3) is 0.500. The number of hydrogen-bond acceptors (Lipinski definition) is 3. The topological polar surface area (TPSA) is 66.5 Å². The first-order chi connectivity index (χ1) is 9.47. The quantitative estimate of drug-likeness (QED) is 0.909. The molecule has 1 heterocycles. The van der Waals surface area contributed by atoms with E-state index in [1.165, 1.54) is 0 Å². The van der Waals surface area contributed by atoms with Crippen LogP contribution < -0.4 is 4.72 Å². The number of amides is 1. The van der Waals surface area contributed by atoms with Gasteiger partial charge in [0.1, 0.15) is 0 Å². The predicted molar refractivity (Wildman–Crippen MR) is 78.0 cm³/mol. The van der Waals surface area contributed by atoms with Gasteiger partial charge in [-0.25, -0.2) is 13.1 Å². The van der Waals surface area contributed by atoms with Crippen molar-refractivity contribution in [2.45, 2.75) is 25.3 Å². The number of nitrogens with zero attached hydrogens (tertiary/aromatic N) is 1. The van der Waals surface area contributed by atoms with Crippen molar-refractivity contribution < 1.29 is 13.2 Å². The molecule has 2 rings (SSSR count). The second-order valence-electron chi connectivity index (χ2n) is 5.13. The first kappa shape index (κ1) is 15.0. The molecule has 110 valence electrons. The lowest BCUT2D eigenvalue weighted by Gasteiger charge is -2.35. The zero-order valence-corrected chi connectivity index (χ0v) is 12.4. The summed E-state index contributed by atoms with van der Waals surface area (Å²) in [7, 11) is -3.23. The second-order valence-corrected chi connectivity index (χ2v) is 6.97. The zero-order chi connectivity index (χ0) is 14.6. The summed E-state index contributed by atoms with van der Waals surface area (Å²) in [5.74, 6) is -0.0226. The standard InChI is InChI=1S/C14H20N2O3S/c1-20(18,19)15-11-13-9-5-6-10-16(13)14(17)12-7-3-2-4-8-12/h2-4,7-8,13,15H,5-6,9-11H2,1H3/t13-/m0/s1. The molecule has 1 saturated heterocycles. The van der Waals surface area contributed by atoms with Gasteiger partial charge in [-0.3, -0.25) is 4.79 Å². The van der Waals surface area contributed by atoms with Crippen molar-refractivity contribution in [2.24, 2.45) is 0 Å². The minimum Gasteiger partial charge on any atom is -0.334 e. The molecule has 0 aromatic heterocycles. The first-order valence-electron chi connectivity index (χ1n) is 6.78. The minimum atomic E-state index is -3.23. The summed E-state index contributed by atoms with van der Waals surface area (Å²) in [5, 5.41) is 0. The Labute approximate surface area is 120 Å². The van der Waals surface area contributed by atoms with Gasteiger partial charge in [0.15, 0.2) is 0 Å². The average molecular weight is 296 g/mol. The molecule has 1 aromatic rings. The Morgan fingerprint density at radius 2 is 2.00 bits per heavy atom. The molecule has 1 fully saturated rings. The van der Waals surface area contributed by atoms with E-state index in [1.807, 2.05) is 18.2 Å². The Hall–Kier alpha value is -1.40. The number of carbonyl (C=O) groups is 1. The molecular weight excluding hydrogens is 276 g/mol. The van der Waals surface area contributed by atoms with E-state index in [0.29, 0.717) is 12.1 Å². The van der Waals surface area contributed by atoms with Crippen LogP contribution >= 0.6 is 0 Å². The molecule has 1 aromatic carbocycles. The lowest BCUT2D eigenvalue weighted by Crippen LogP contribution is -2.49. The molecule has 20 heavy (non-hydrogen) atoms. The van der Waals surface area contributed by atoms with Gasteiger partial charge in [-0.1, -0.05) is 18.2 Å². The smallest absolute Gasteiger partial charge is 0.254 e. The summed E-state index contributed by atoms with van der Waals surface area (Å²) in [6, 6.07) is 9.05. The van der Waals surface area contributed by atoms with E-state index in [1.54, 1.807) is 17.0 Å². The predicted octanol–water partition coefficient (Wildman–Crippen LogP) is 1.23. The van der Waals surface area contributed by atoms with Crippen LogP contribution in [0.3, 0.4) is 0 Å². The van der Waals surface area contributed by atoms with Crippen molar-refractivity contribution in [3.8, 4) is 0 Å². The highest BCUT2D eigenvalue weighted by Crippen LogP contribution is 2.19. The van der Waals surface area contributed by atoms with Crippen molar-refractivity contribution in [1.82, 2.24) is 9.62 Å². The largest absolute Gasteiger partial charge is 0.334 e. The second kappa shape index (κ2) is 6.37. The molecule has 0 spiro atoms. The number of carbonyl (C=O) groups excluding carboxylic acids is 1. The van der Waals surface area contributed by atoms with Gasteiger partial charge in [0.2, 0.25) is 10.0 Å². The van der Waals surface area contributed by atoms with E-state index in [0.717, 1.165) is 25.5 Å². The van der Waals surface area contributed by atoms with Crippen molar-refractivity contribution in [2.75, 3.05) is 19.3 Å². The third kappa shape index (κ3) is 4.05. The molecule has 6 heteroatoms. The molecule has 0 bridgehead atoms. The maximum Gasteiger partial charge on any atom is 0.254 e. The van der Waals surface area contributed by atoms with Crippen molar-refractivity contribution >= 4 is 15.9 Å². The third-order valence-electron chi connectivity index (χ3n) is 3.49. The summed E-state index contributed by atoms with van der Waals surface area (Å²) in [4.78, 5) is 14.3. The van der Waals surface area contributed by atoms with Gasteiger partial charge in [0, 0.05) is 24.7 Å². The SMILES string of the molecule is CS(=O)(=O)NC[C@@H]1CCCCN1C(=O)c1ccccc1. The van der Waals surface area contributed by atoms with Crippen LogP contribution in [-0.2, 0) is 10.0 Å². The van der Waals surface area contributed by atoms with E-state index in [2.05, 4.69) is 4.72 Å². The van der Waals surface area contributed by atoms with Gasteiger partial charge in [-0.2, -0.15) is 0 Å². The van der Waals surface area contributed by atoms with Gasteiger partial charge in [-0.15, -0.1) is 0 Å². The number of likely N-dealkylation sites (tertiary alicyclic amines) is 1. The highest BCUT2D eigenvalue weighted by Gasteiger charge is 2.27. The highest BCUT2D eigenvalue weighted by atomic mass is 32.2. The van der Waals surface area contributed by atoms with E-state index < -0.39 is 10.0 Å². The lowest BCUT2D eigenvalue weighted by molar-refractivity contribution is 0.0619. The fourth-order valence-electron chi connectivity index (χ4n) is 2.47. The molecule has 1 atom stereocenters. The Morgan fingerprint density at radius 3 is 2.65 bits per heavy atom. The maximum atomic E-state index is 12.5. The number of benzene rings is 1. The molecule has 0 saturated carbocycles. The average Bonchev–Trinajstić information content (AvgIpc) is 2.45. The molecule has 0 aliphatic carbocycles. The molecular formula is C14H20N2O3S. The molecule has 0 radical (unpaired) electrons.